The Morgan fingerprint density at radius 2 is 2.32 bits per heavy atom. The maximum Gasteiger partial charge on any atom is 0.322 e. The van der Waals surface area contributed by atoms with E-state index in [0.717, 1.165) is 13.0 Å². The molecule has 0 fully saturated rings. The lowest BCUT2D eigenvalue weighted by molar-refractivity contribution is -0.145. The molecule has 4 heteroatoms. The van der Waals surface area contributed by atoms with Crippen LogP contribution in [0.1, 0.15) is 31.1 Å². The highest BCUT2D eigenvalue weighted by Crippen LogP contribution is 2.26. The van der Waals surface area contributed by atoms with Crippen LogP contribution in [0.25, 0.3) is 0 Å². The van der Waals surface area contributed by atoms with E-state index in [4.69, 9.17) is 9.47 Å². The van der Waals surface area contributed by atoms with Crippen LogP contribution in [0.5, 0.6) is 0 Å². The molecule has 2 rings (SSSR count). The van der Waals surface area contributed by atoms with Crippen molar-refractivity contribution in [2.45, 2.75) is 32.4 Å². The van der Waals surface area contributed by atoms with Gasteiger partial charge in [-0.25, -0.2) is 0 Å². The largest absolute Gasteiger partial charge is 0.465 e. The average Bonchev–Trinajstić information content (AvgIpc) is 2.45. The molecule has 0 saturated carbocycles. The number of benzene rings is 1. The number of hydrogen-bond donors (Lipinski definition) is 1. The zero-order valence-electron chi connectivity index (χ0n) is 11.5. The molecule has 1 aromatic rings. The maximum atomic E-state index is 11.5. The van der Waals surface area contributed by atoms with E-state index in [2.05, 4.69) is 23.5 Å². The molecule has 2 unspecified atom stereocenters. The molecule has 0 amide bonds. The number of carbonyl (C=O) groups excluding carboxylic acids is 1. The van der Waals surface area contributed by atoms with Gasteiger partial charge in [0.15, 0.2) is 0 Å². The van der Waals surface area contributed by atoms with Gasteiger partial charge in [0.25, 0.3) is 0 Å². The summed E-state index contributed by atoms with van der Waals surface area (Å²) >= 11 is 0. The fourth-order valence-electron chi connectivity index (χ4n) is 2.28. The van der Waals surface area contributed by atoms with Crippen molar-refractivity contribution in [2.24, 2.45) is 0 Å². The first-order valence-corrected chi connectivity index (χ1v) is 6.81. The molecular formula is C15H21NO3. The van der Waals surface area contributed by atoms with Crippen LogP contribution in [0.4, 0.5) is 0 Å². The molecule has 0 aliphatic carbocycles. The van der Waals surface area contributed by atoms with E-state index in [1.807, 2.05) is 19.9 Å². The molecule has 1 heterocycles. The molecule has 1 aliphatic heterocycles. The second-order valence-corrected chi connectivity index (χ2v) is 4.69. The second-order valence-electron chi connectivity index (χ2n) is 4.69. The molecule has 0 bridgehead atoms. The van der Waals surface area contributed by atoms with Gasteiger partial charge >= 0.3 is 5.97 Å². The number of nitrogens with one attached hydrogen (secondary N) is 1. The third-order valence-electron chi connectivity index (χ3n) is 3.34. The zero-order valence-corrected chi connectivity index (χ0v) is 11.5. The Labute approximate surface area is 114 Å². The van der Waals surface area contributed by atoms with E-state index in [0.29, 0.717) is 13.2 Å². The quantitative estimate of drug-likeness (QED) is 0.824. The van der Waals surface area contributed by atoms with Gasteiger partial charge in [-0.1, -0.05) is 24.3 Å². The van der Waals surface area contributed by atoms with Crippen molar-refractivity contribution in [3.8, 4) is 0 Å². The highest BCUT2D eigenvalue weighted by molar-refractivity contribution is 5.75. The van der Waals surface area contributed by atoms with E-state index in [-0.39, 0.29) is 18.1 Å². The molecule has 0 saturated heterocycles. The fourth-order valence-corrected chi connectivity index (χ4v) is 2.28. The van der Waals surface area contributed by atoms with Gasteiger partial charge in [0.05, 0.1) is 19.3 Å². The number of rotatable bonds is 5. The Bertz CT molecular complexity index is 433. The first-order valence-electron chi connectivity index (χ1n) is 6.81. The van der Waals surface area contributed by atoms with E-state index in [1.54, 1.807) is 0 Å². The smallest absolute Gasteiger partial charge is 0.322 e. The first-order chi connectivity index (χ1) is 9.22. The summed E-state index contributed by atoms with van der Waals surface area (Å²) in [5, 5.41) is 3.18. The standard InChI is InChI=1S/C15H21NO3/c1-3-18-15(17)11(2)16-10-14-13-7-5-4-6-12(13)8-9-19-14/h4-7,11,14,16H,3,8-10H2,1-2H3. The Hall–Kier alpha value is -1.39. The van der Waals surface area contributed by atoms with Crippen LogP contribution in [0, 0.1) is 0 Å². The third-order valence-corrected chi connectivity index (χ3v) is 3.34. The van der Waals surface area contributed by atoms with Crippen LogP contribution in [-0.2, 0) is 20.7 Å². The van der Waals surface area contributed by atoms with Crippen molar-refractivity contribution in [1.82, 2.24) is 5.32 Å². The van der Waals surface area contributed by atoms with Gasteiger partial charge in [-0.3, -0.25) is 4.79 Å². The molecule has 19 heavy (non-hydrogen) atoms. The van der Waals surface area contributed by atoms with Gasteiger partial charge in [-0.2, -0.15) is 0 Å². The molecular weight excluding hydrogens is 242 g/mol. The summed E-state index contributed by atoms with van der Waals surface area (Å²) in [6, 6.07) is 8.00. The lowest BCUT2D eigenvalue weighted by atomic mass is 9.97. The minimum Gasteiger partial charge on any atom is -0.465 e. The second kappa shape index (κ2) is 6.68. The Morgan fingerprint density at radius 3 is 3.11 bits per heavy atom. The lowest BCUT2D eigenvalue weighted by Crippen LogP contribution is -2.39. The van der Waals surface area contributed by atoms with Crippen molar-refractivity contribution in [2.75, 3.05) is 19.8 Å². The number of fused-ring (bicyclic) bond motifs is 1. The Morgan fingerprint density at radius 1 is 1.53 bits per heavy atom. The predicted molar refractivity (Wildman–Crippen MR) is 72.9 cm³/mol. The van der Waals surface area contributed by atoms with Gasteiger partial charge in [-0.15, -0.1) is 0 Å². The minimum atomic E-state index is -0.308. The zero-order chi connectivity index (χ0) is 13.7. The van der Waals surface area contributed by atoms with Crippen LogP contribution in [0.15, 0.2) is 24.3 Å². The van der Waals surface area contributed by atoms with Crippen molar-refractivity contribution in [3.63, 3.8) is 0 Å². The first kappa shape index (κ1) is 14.0. The molecule has 4 nitrogen and oxygen atoms in total. The van der Waals surface area contributed by atoms with Gasteiger partial charge in [0, 0.05) is 6.54 Å². The highest BCUT2D eigenvalue weighted by atomic mass is 16.5. The van der Waals surface area contributed by atoms with Crippen LogP contribution >= 0.6 is 0 Å². The van der Waals surface area contributed by atoms with Gasteiger partial charge in [0.1, 0.15) is 6.04 Å². The normalized spacial score (nSPS) is 19.6. The fraction of sp³-hybridized carbons (Fsp3) is 0.533. The van der Waals surface area contributed by atoms with E-state index in [1.165, 1.54) is 11.1 Å². The molecule has 104 valence electrons. The van der Waals surface area contributed by atoms with Gasteiger partial charge < -0.3 is 14.8 Å². The lowest BCUT2D eigenvalue weighted by Gasteiger charge is -2.27. The number of carbonyl (C=O) groups is 1. The Balaban J connectivity index is 1.92. The number of hydrogen-bond acceptors (Lipinski definition) is 4. The van der Waals surface area contributed by atoms with Gasteiger partial charge in [-0.05, 0) is 31.4 Å². The van der Waals surface area contributed by atoms with Crippen molar-refractivity contribution in [1.29, 1.82) is 0 Å². The van der Waals surface area contributed by atoms with Crippen LogP contribution in [0.2, 0.25) is 0 Å². The molecule has 1 aromatic carbocycles. The summed E-state index contributed by atoms with van der Waals surface area (Å²) < 4.78 is 10.8. The summed E-state index contributed by atoms with van der Waals surface area (Å²) in [7, 11) is 0. The third kappa shape index (κ3) is 3.55. The summed E-state index contributed by atoms with van der Waals surface area (Å²) in [5.41, 5.74) is 2.56. The van der Waals surface area contributed by atoms with Crippen LogP contribution in [0.3, 0.4) is 0 Å². The topological polar surface area (TPSA) is 47.6 Å². The maximum absolute atomic E-state index is 11.5. The van der Waals surface area contributed by atoms with Crippen molar-refractivity contribution < 1.29 is 14.3 Å². The molecule has 0 spiro atoms. The number of esters is 1. The number of ether oxygens (including phenoxy) is 2. The van der Waals surface area contributed by atoms with E-state index >= 15 is 0 Å². The van der Waals surface area contributed by atoms with Crippen molar-refractivity contribution in [3.05, 3.63) is 35.4 Å². The summed E-state index contributed by atoms with van der Waals surface area (Å²) in [6.07, 6.45) is 0.974. The Kier molecular flexibility index (Phi) is 4.93. The van der Waals surface area contributed by atoms with Gasteiger partial charge in [0.2, 0.25) is 0 Å². The molecule has 0 aromatic heterocycles. The molecule has 1 N–H and O–H groups in total. The SMILES string of the molecule is CCOC(=O)C(C)NCC1OCCc2ccccc21. The predicted octanol–water partition coefficient (Wildman–Crippen LogP) is 1.84. The summed E-state index contributed by atoms with van der Waals surface area (Å²) in [6.45, 7) is 5.39. The van der Waals surface area contributed by atoms with Crippen LogP contribution in [-0.4, -0.2) is 31.8 Å². The van der Waals surface area contributed by atoms with Crippen LogP contribution < -0.4 is 5.32 Å². The summed E-state index contributed by atoms with van der Waals surface area (Å²) in [4.78, 5) is 11.5. The highest BCUT2D eigenvalue weighted by Gasteiger charge is 2.22. The molecule has 1 aliphatic rings. The van der Waals surface area contributed by atoms with Crippen molar-refractivity contribution >= 4 is 5.97 Å². The van der Waals surface area contributed by atoms with E-state index in [9.17, 15) is 4.79 Å². The summed E-state index contributed by atoms with van der Waals surface area (Å²) in [5.74, 6) is -0.216. The molecule has 2 atom stereocenters. The monoisotopic (exact) mass is 263 g/mol. The molecule has 0 radical (unpaired) electrons. The van der Waals surface area contributed by atoms with E-state index < -0.39 is 0 Å². The minimum absolute atomic E-state index is 0.0156. The average molecular weight is 263 g/mol.